The van der Waals surface area contributed by atoms with Crippen molar-refractivity contribution in [3.05, 3.63) is 34.3 Å². The van der Waals surface area contributed by atoms with Crippen LogP contribution >= 0.6 is 15.9 Å². The summed E-state index contributed by atoms with van der Waals surface area (Å²) < 4.78 is 1.15. The Hall–Kier alpha value is -0.380. The molecule has 1 aliphatic rings. The zero-order valence-corrected chi connectivity index (χ0v) is 11.5. The summed E-state index contributed by atoms with van der Waals surface area (Å²) >= 11 is 3.47. The van der Waals surface area contributed by atoms with Crippen LogP contribution in [0.5, 0.6) is 0 Å². The maximum absolute atomic E-state index is 3.47. The highest BCUT2D eigenvalue weighted by molar-refractivity contribution is 9.10. The Labute approximate surface area is 106 Å². The third kappa shape index (κ3) is 2.84. The van der Waals surface area contributed by atoms with E-state index in [1.807, 2.05) is 0 Å². The predicted octanol–water partition coefficient (Wildman–Crippen LogP) is 2.63. The van der Waals surface area contributed by atoms with E-state index in [1.54, 1.807) is 0 Å². The van der Waals surface area contributed by atoms with E-state index in [9.17, 15) is 0 Å². The van der Waals surface area contributed by atoms with Crippen molar-refractivity contribution < 1.29 is 0 Å². The molecule has 1 aromatic carbocycles. The van der Waals surface area contributed by atoms with Crippen molar-refractivity contribution in [3.8, 4) is 0 Å². The Balaban J connectivity index is 2.04. The number of hydrogen-bond acceptors (Lipinski definition) is 2. The molecule has 2 unspecified atom stereocenters. The maximum atomic E-state index is 3.47. The minimum absolute atomic E-state index is 0.618. The van der Waals surface area contributed by atoms with Gasteiger partial charge in [0.05, 0.1) is 0 Å². The molecule has 88 valence electrons. The summed E-state index contributed by atoms with van der Waals surface area (Å²) in [6, 6.07) is 9.87. The van der Waals surface area contributed by atoms with Crippen LogP contribution in [-0.2, 0) is 6.54 Å². The summed E-state index contributed by atoms with van der Waals surface area (Å²) in [6.07, 6.45) is 0. The molecule has 1 aliphatic heterocycles. The first-order valence-corrected chi connectivity index (χ1v) is 6.67. The van der Waals surface area contributed by atoms with E-state index >= 15 is 0 Å². The lowest BCUT2D eigenvalue weighted by Crippen LogP contribution is -2.54. The normalized spacial score (nSPS) is 26.9. The van der Waals surface area contributed by atoms with Crippen molar-refractivity contribution >= 4 is 15.9 Å². The SMILES string of the molecule is CC1CNCC(C)N1Cc1ccc(Br)cc1. The number of piperazine rings is 1. The number of halogens is 1. The highest BCUT2D eigenvalue weighted by atomic mass is 79.9. The van der Waals surface area contributed by atoms with Crippen molar-refractivity contribution in [2.75, 3.05) is 13.1 Å². The van der Waals surface area contributed by atoms with Gasteiger partial charge < -0.3 is 5.32 Å². The highest BCUT2D eigenvalue weighted by Crippen LogP contribution is 2.16. The van der Waals surface area contributed by atoms with E-state index in [0.29, 0.717) is 12.1 Å². The van der Waals surface area contributed by atoms with Gasteiger partial charge in [-0.15, -0.1) is 0 Å². The molecular formula is C13H19BrN2. The molecule has 1 fully saturated rings. The Morgan fingerprint density at radius 1 is 1.19 bits per heavy atom. The van der Waals surface area contributed by atoms with Crippen LogP contribution in [0.15, 0.2) is 28.7 Å². The van der Waals surface area contributed by atoms with Crippen molar-refractivity contribution in [3.63, 3.8) is 0 Å². The average molecular weight is 283 g/mol. The fourth-order valence-electron chi connectivity index (χ4n) is 2.28. The minimum atomic E-state index is 0.618. The fourth-order valence-corrected chi connectivity index (χ4v) is 2.55. The molecule has 2 nitrogen and oxygen atoms in total. The van der Waals surface area contributed by atoms with Crippen LogP contribution in [0.25, 0.3) is 0 Å². The van der Waals surface area contributed by atoms with Gasteiger partial charge in [0, 0.05) is 36.2 Å². The Bertz CT molecular complexity index is 326. The van der Waals surface area contributed by atoms with Crippen molar-refractivity contribution in [1.82, 2.24) is 10.2 Å². The first-order chi connectivity index (χ1) is 7.66. The lowest BCUT2D eigenvalue weighted by atomic mass is 10.1. The second-order valence-corrected chi connectivity index (χ2v) is 5.57. The molecule has 0 saturated carbocycles. The van der Waals surface area contributed by atoms with Crippen LogP contribution in [0.2, 0.25) is 0 Å². The zero-order valence-electron chi connectivity index (χ0n) is 9.91. The van der Waals surface area contributed by atoms with Crippen LogP contribution in [-0.4, -0.2) is 30.1 Å². The van der Waals surface area contributed by atoms with Crippen LogP contribution in [0, 0.1) is 0 Å². The quantitative estimate of drug-likeness (QED) is 0.897. The summed E-state index contributed by atoms with van der Waals surface area (Å²) in [5, 5.41) is 3.46. The molecule has 0 aromatic heterocycles. The number of benzene rings is 1. The fraction of sp³-hybridized carbons (Fsp3) is 0.538. The molecule has 3 heteroatoms. The average Bonchev–Trinajstić information content (AvgIpc) is 2.26. The van der Waals surface area contributed by atoms with Crippen LogP contribution in [0.4, 0.5) is 0 Å². The van der Waals surface area contributed by atoms with Crippen LogP contribution in [0.1, 0.15) is 19.4 Å². The highest BCUT2D eigenvalue weighted by Gasteiger charge is 2.23. The number of nitrogens with zero attached hydrogens (tertiary/aromatic N) is 1. The summed E-state index contributed by atoms with van der Waals surface area (Å²) in [6.45, 7) is 7.84. The molecule has 0 aliphatic carbocycles. The van der Waals surface area contributed by atoms with Gasteiger partial charge >= 0.3 is 0 Å². The monoisotopic (exact) mass is 282 g/mol. The molecule has 1 heterocycles. The van der Waals surface area contributed by atoms with Gasteiger partial charge in [0.1, 0.15) is 0 Å². The van der Waals surface area contributed by atoms with E-state index in [0.717, 1.165) is 24.1 Å². The predicted molar refractivity (Wildman–Crippen MR) is 71.5 cm³/mol. The lowest BCUT2D eigenvalue weighted by Gasteiger charge is -2.39. The van der Waals surface area contributed by atoms with E-state index in [-0.39, 0.29) is 0 Å². The van der Waals surface area contributed by atoms with Crippen molar-refractivity contribution in [1.29, 1.82) is 0 Å². The molecule has 1 N–H and O–H groups in total. The second-order valence-electron chi connectivity index (χ2n) is 4.66. The van der Waals surface area contributed by atoms with Gasteiger partial charge in [-0.25, -0.2) is 0 Å². The third-order valence-corrected chi connectivity index (χ3v) is 3.82. The van der Waals surface area contributed by atoms with E-state index in [1.165, 1.54) is 5.56 Å². The largest absolute Gasteiger partial charge is 0.314 e. The lowest BCUT2D eigenvalue weighted by molar-refractivity contribution is 0.109. The number of rotatable bonds is 2. The molecule has 0 bridgehead atoms. The van der Waals surface area contributed by atoms with E-state index < -0.39 is 0 Å². The molecule has 2 atom stereocenters. The van der Waals surface area contributed by atoms with Gasteiger partial charge in [-0.2, -0.15) is 0 Å². The Morgan fingerprint density at radius 3 is 2.31 bits per heavy atom. The number of hydrogen-bond donors (Lipinski definition) is 1. The number of nitrogens with one attached hydrogen (secondary N) is 1. The molecule has 0 amide bonds. The molecule has 16 heavy (non-hydrogen) atoms. The van der Waals surface area contributed by atoms with Gasteiger partial charge in [0.15, 0.2) is 0 Å². The Kier molecular flexibility index (Phi) is 4.00. The van der Waals surface area contributed by atoms with Gasteiger partial charge in [-0.1, -0.05) is 28.1 Å². The molecular weight excluding hydrogens is 264 g/mol. The van der Waals surface area contributed by atoms with Gasteiger partial charge in [0.2, 0.25) is 0 Å². The molecule has 0 radical (unpaired) electrons. The molecule has 1 saturated heterocycles. The van der Waals surface area contributed by atoms with Gasteiger partial charge in [-0.05, 0) is 31.5 Å². The maximum Gasteiger partial charge on any atom is 0.0240 e. The van der Waals surface area contributed by atoms with Crippen molar-refractivity contribution in [2.24, 2.45) is 0 Å². The summed E-state index contributed by atoms with van der Waals surface area (Å²) in [7, 11) is 0. The molecule has 0 spiro atoms. The van der Waals surface area contributed by atoms with Gasteiger partial charge in [-0.3, -0.25) is 4.90 Å². The Morgan fingerprint density at radius 2 is 1.75 bits per heavy atom. The third-order valence-electron chi connectivity index (χ3n) is 3.29. The molecule has 1 aromatic rings. The minimum Gasteiger partial charge on any atom is -0.314 e. The summed E-state index contributed by atoms with van der Waals surface area (Å²) in [5.74, 6) is 0. The second kappa shape index (κ2) is 5.30. The summed E-state index contributed by atoms with van der Waals surface area (Å²) in [4.78, 5) is 2.57. The van der Waals surface area contributed by atoms with Crippen LogP contribution < -0.4 is 5.32 Å². The summed E-state index contributed by atoms with van der Waals surface area (Å²) in [5.41, 5.74) is 1.39. The first kappa shape index (κ1) is 12.1. The van der Waals surface area contributed by atoms with Crippen molar-refractivity contribution in [2.45, 2.75) is 32.5 Å². The standard InChI is InChI=1S/C13H19BrN2/c1-10-7-15-8-11(2)16(10)9-12-3-5-13(14)6-4-12/h3-6,10-11,15H,7-9H2,1-2H3. The molecule has 2 rings (SSSR count). The van der Waals surface area contributed by atoms with Gasteiger partial charge in [0.25, 0.3) is 0 Å². The smallest absolute Gasteiger partial charge is 0.0240 e. The first-order valence-electron chi connectivity index (χ1n) is 5.87. The van der Waals surface area contributed by atoms with E-state index in [2.05, 4.69) is 64.3 Å². The topological polar surface area (TPSA) is 15.3 Å². The van der Waals surface area contributed by atoms with E-state index in [4.69, 9.17) is 0 Å². The van der Waals surface area contributed by atoms with Crippen LogP contribution in [0.3, 0.4) is 0 Å². The zero-order chi connectivity index (χ0) is 11.5.